The van der Waals surface area contributed by atoms with Crippen molar-refractivity contribution in [3.05, 3.63) is 43.5 Å². The molecule has 1 fully saturated rings. The number of nitrogens with two attached hydrogens (primary N) is 1. The number of aromatic nitrogens is 3. The van der Waals surface area contributed by atoms with Crippen LogP contribution in [0.15, 0.2) is 26.5 Å². The quantitative estimate of drug-likeness (QED) is 0.802. The third-order valence-electron chi connectivity index (χ3n) is 4.26. The Hall–Kier alpha value is -2.37. The third-order valence-corrected chi connectivity index (χ3v) is 4.89. The molecule has 3 rings (SSSR count). The van der Waals surface area contributed by atoms with Gasteiger partial charge in [-0.2, -0.15) is 0 Å². The summed E-state index contributed by atoms with van der Waals surface area (Å²) in [7, 11) is 0. The van der Waals surface area contributed by atoms with Gasteiger partial charge in [-0.3, -0.25) is 13.9 Å². The zero-order valence-corrected chi connectivity index (χ0v) is 15.0. The largest absolute Gasteiger partial charge is 0.356 e. The molecule has 2 N–H and O–H groups in total. The molecule has 8 heteroatoms. The molecule has 0 aliphatic carbocycles. The Bertz CT molecular complexity index is 904. The average Bonchev–Trinajstić information content (AvgIpc) is 3.10. The first-order chi connectivity index (χ1) is 12.1. The van der Waals surface area contributed by atoms with Crippen molar-refractivity contribution in [2.45, 2.75) is 38.9 Å². The zero-order valence-electron chi connectivity index (χ0n) is 14.1. The molecule has 1 saturated heterocycles. The molecule has 0 bridgehead atoms. The minimum atomic E-state index is -0.364. The lowest BCUT2D eigenvalue weighted by molar-refractivity contribution is 0.491. The second-order valence-corrected chi connectivity index (χ2v) is 6.77. The fourth-order valence-corrected chi connectivity index (χ4v) is 3.56. The van der Waals surface area contributed by atoms with E-state index in [0.717, 1.165) is 19.4 Å². The highest BCUT2D eigenvalue weighted by molar-refractivity contribution is 7.07. The van der Waals surface area contributed by atoms with E-state index in [4.69, 9.17) is 5.73 Å². The van der Waals surface area contributed by atoms with Crippen molar-refractivity contribution in [2.24, 2.45) is 5.73 Å². The Morgan fingerprint density at radius 2 is 2.24 bits per heavy atom. The molecule has 3 heterocycles. The smallest absolute Gasteiger partial charge is 0.333 e. The van der Waals surface area contributed by atoms with Crippen LogP contribution in [0.25, 0.3) is 0 Å². The molecule has 1 atom stereocenters. The van der Waals surface area contributed by atoms with Crippen LogP contribution in [0.2, 0.25) is 0 Å². The third kappa shape index (κ3) is 3.83. The van der Waals surface area contributed by atoms with E-state index in [2.05, 4.69) is 16.8 Å². The molecule has 25 heavy (non-hydrogen) atoms. The maximum absolute atomic E-state index is 12.9. The number of hydrogen-bond acceptors (Lipinski definition) is 6. The van der Waals surface area contributed by atoms with Crippen LogP contribution in [-0.4, -0.2) is 33.2 Å². The highest BCUT2D eigenvalue weighted by Crippen LogP contribution is 2.17. The highest BCUT2D eigenvalue weighted by atomic mass is 32.1. The van der Waals surface area contributed by atoms with Gasteiger partial charge in [0, 0.05) is 30.6 Å². The number of piperidine rings is 1. The van der Waals surface area contributed by atoms with Crippen LogP contribution in [0.3, 0.4) is 0 Å². The molecule has 0 spiro atoms. The van der Waals surface area contributed by atoms with E-state index in [0.29, 0.717) is 18.1 Å². The first kappa shape index (κ1) is 17.5. The van der Waals surface area contributed by atoms with E-state index in [-0.39, 0.29) is 30.4 Å². The molecule has 2 aromatic rings. The van der Waals surface area contributed by atoms with Crippen LogP contribution >= 0.6 is 11.3 Å². The second-order valence-electron chi connectivity index (χ2n) is 6.05. The zero-order chi connectivity index (χ0) is 17.8. The van der Waals surface area contributed by atoms with Crippen LogP contribution in [0.4, 0.5) is 5.82 Å². The number of anilines is 1. The van der Waals surface area contributed by atoms with Gasteiger partial charge in [0.05, 0.1) is 24.3 Å². The summed E-state index contributed by atoms with van der Waals surface area (Å²) in [4.78, 5) is 31.7. The molecular formula is C17H21N5O2S. The monoisotopic (exact) mass is 359 g/mol. The Kier molecular flexibility index (Phi) is 5.36. The Labute approximate surface area is 149 Å². The maximum atomic E-state index is 12.9. The number of rotatable bonds is 4. The van der Waals surface area contributed by atoms with E-state index >= 15 is 0 Å². The molecule has 7 nitrogen and oxygen atoms in total. The van der Waals surface area contributed by atoms with Crippen molar-refractivity contribution in [3.8, 4) is 11.8 Å². The van der Waals surface area contributed by atoms with Crippen LogP contribution in [0, 0.1) is 11.8 Å². The van der Waals surface area contributed by atoms with Crippen LogP contribution in [-0.2, 0) is 13.1 Å². The predicted octanol–water partition coefficient (Wildman–Crippen LogP) is 0.466. The molecule has 132 valence electrons. The molecule has 1 aliphatic heterocycles. The van der Waals surface area contributed by atoms with Gasteiger partial charge >= 0.3 is 5.69 Å². The normalized spacial score (nSPS) is 17.2. The molecule has 0 unspecified atom stereocenters. The molecule has 0 amide bonds. The average molecular weight is 359 g/mol. The molecule has 0 radical (unpaired) electrons. The number of nitrogens with zero attached hydrogens (tertiary/aromatic N) is 4. The summed E-state index contributed by atoms with van der Waals surface area (Å²) < 4.78 is 2.77. The van der Waals surface area contributed by atoms with Gasteiger partial charge in [-0.15, -0.1) is 17.3 Å². The van der Waals surface area contributed by atoms with E-state index in [1.54, 1.807) is 17.0 Å². The molecule has 1 aliphatic rings. The Morgan fingerprint density at radius 3 is 2.92 bits per heavy atom. The summed E-state index contributed by atoms with van der Waals surface area (Å²) in [6.07, 6.45) is 1.90. The summed E-state index contributed by atoms with van der Waals surface area (Å²) in [5.41, 5.74) is 7.76. The Balaban J connectivity index is 2.06. The van der Waals surface area contributed by atoms with Crippen molar-refractivity contribution in [2.75, 3.05) is 18.0 Å². The lowest BCUT2D eigenvalue weighted by Gasteiger charge is -2.33. The van der Waals surface area contributed by atoms with Gasteiger partial charge in [-0.1, -0.05) is 5.92 Å². The summed E-state index contributed by atoms with van der Waals surface area (Å²) in [5.74, 6) is 6.34. The molecule has 0 saturated carbocycles. The van der Waals surface area contributed by atoms with Crippen molar-refractivity contribution < 1.29 is 0 Å². The van der Waals surface area contributed by atoms with Gasteiger partial charge in [0.2, 0.25) is 0 Å². The first-order valence-corrected chi connectivity index (χ1v) is 9.16. The first-order valence-electron chi connectivity index (χ1n) is 8.22. The van der Waals surface area contributed by atoms with Crippen LogP contribution in [0.5, 0.6) is 0 Å². The van der Waals surface area contributed by atoms with Gasteiger partial charge in [-0.25, -0.2) is 9.78 Å². The minimum absolute atomic E-state index is 0.0481. The van der Waals surface area contributed by atoms with E-state index < -0.39 is 0 Å². The van der Waals surface area contributed by atoms with E-state index in [1.165, 1.54) is 22.0 Å². The molecular weight excluding hydrogens is 338 g/mol. The fraction of sp³-hybridized carbons (Fsp3) is 0.471. The highest BCUT2D eigenvalue weighted by Gasteiger charge is 2.22. The lowest BCUT2D eigenvalue weighted by Crippen LogP contribution is -2.48. The topological polar surface area (TPSA) is 86.2 Å². The van der Waals surface area contributed by atoms with Crippen LogP contribution in [0.1, 0.15) is 25.5 Å². The van der Waals surface area contributed by atoms with Gasteiger partial charge in [0.1, 0.15) is 5.82 Å². The number of hydrogen-bond donors (Lipinski definition) is 1. The maximum Gasteiger partial charge on any atom is 0.333 e. The van der Waals surface area contributed by atoms with Gasteiger partial charge in [-0.05, 0) is 19.8 Å². The fourth-order valence-electron chi connectivity index (χ4n) is 3.01. The molecule has 0 aromatic carbocycles. The minimum Gasteiger partial charge on any atom is -0.356 e. The number of thiazole rings is 1. The SMILES string of the molecule is CC#CCn1c(N2CCC[C@@H](N)C2)cc(=O)n(Cc2cscn2)c1=O. The predicted molar refractivity (Wildman–Crippen MR) is 99.1 cm³/mol. The van der Waals surface area contributed by atoms with Gasteiger partial charge in [0.15, 0.2) is 0 Å². The standard InChI is InChI=1S/C17H21N5O2S/c1-2-3-7-21-15(20-6-4-5-13(18)9-20)8-16(23)22(17(21)24)10-14-11-25-12-19-14/h8,11-13H,4-7,9-10,18H2,1H3/t13-/m1/s1. The van der Waals surface area contributed by atoms with Crippen molar-refractivity contribution in [1.29, 1.82) is 0 Å². The van der Waals surface area contributed by atoms with E-state index in [1.807, 2.05) is 10.3 Å². The Morgan fingerprint density at radius 1 is 1.40 bits per heavy atom. The van der Waals surface area contributed by atoms with Gasteiger partial charge < -0.3 is 10.6 Å². The summed E-state index contributed by atoms with van der Waals surface area (Å²) in [5, 5.41) is 1.83. The second kappa shape index (κ2) is 7.68. The summed E-state index contributed by atoms with van der Waals surface area (Å²) >= 11 is 1.43. The lowest BCUT2D eigenvalue weighted by atomic mass is 10.1. The van der Waals surface area contributed by atoms with Gasteiger partial charge in [0.25, 0.3) is 5.56 Å². The summed E-state index contributed by atoms with van der Waals surface area (Å²) in [6, 6.07) is 1.57. The van der Waals surface area contributed by atoms with Crippen LogP contribution < -0.4 is 21.9 Å². The van der Waals surface area contributed by atoms with Crippen molar-refractivity contribution >= 4 is 17.2 Å². The summed E-state index contributed by atoms with van der Waals surface area (Å²) in [6.45, 7) is 3.55. The van der Waals surface area contributed by atoms with Crippen molar-refractivity contribution in [1.82, 2.24) is 14.1 Å². The van der Waals surface area contributed by atoms with Crippen molar-refractivity contribution in [3.63, 3.8) is 0 Å². The molecule has 2 aromatic heterocycles. The van der Waals surface area contributed by atoms with E-state index in [9.17, 15) is 9.59 Å².